The highest BCUT2D eigenvalue weighted by Crippen LogP contribution is 2.23. The second-order valence-corrected chi connectivity index (χ2v) is 9.68. The van der Waals surface area contributed by atoms with Crippen LogP contribution in [0.5, 0.6) is 0 Å². The number of anilines is 1. The van der Waals surface area contributed by atoms with Gasteiger partial charge in [0, 0.05) is 25.8 Å². The maximum Gasteiger partial charge on any atom is 0.339 e. The third kappa shape index (κ3) is 5.08. The second-order valence-electron chi connectivity index (χ2n) is 7.92. The summed E-state index contributed by atoms with van der Waals surface area (Å²) in [4.78, 5) is 18.6. The molecular formula is C24H27N3O4S. The third-order valence-electron chi connectivity index (χ3n) is 5.79. The van der Waals surface area contributed by atoms with Crippen LogP contribution in [-0.2, 0) is 14.8 Å². The molecule has 1 aliphatic heterocycles. The summed E-state index contributed by atoms with van der Waals surface area (Å²) >= 11 is 0. The van der Waals surface area contributed by atoms with E-state index in [4.69, 9.17) is 4.74 Å². The van der Waals surface area contributed by atoms with Crippen molar-refractivity contribution in [3.8, 4) is 0 Å². The van der Waals surface area contributed by atoms with Gasteiger partial charge in [-0.05, 0) is 60.7 Å². The SMILES string of the molecule is CCOC(=O)c1ccc(N2CCC(CNS(=O)(=O)c3ccc4ccccc4c3)CC2)nc1. The average Bonchev–Trinajstić information content (AvgIpc) is 2.83. The van der Waals surface area contributed by atoms with Crippen molar-refractivity contribution < 1.29 is 17.9 Å². The van der Waals surface area contributed by atoms with Crippen molar-refractivity contribution in [2.45, 2.75) is 24.7 Å². The number of pyridine rings is 1. The summed E-state index contributed by atoms with van der Waals surface area (Å²) in [6.45, 7) is 4.09. The van der Waals surface area contributed by atoms with Crippen LogP contribution >= 0.6 is 0 Å². The number of fused-ring (bicyclic) bond motifs is 1. The Hall–Kier alpha value is -2.97. The van der Waals surface area contributed by atoms with Crippen molar-refractivity contribution in [2.24, 2.45) is 5.92 Å². The molecule has 1 N–H and O–H groups in total. The number of hydrogen-bond donors (Lipinski definition) is 1. The van der Waals surface area contributed by atoms with Gasteiger partial charge >= 0.3 is 5.97 Å². The predicted molar refractivity (Wildman–Crippen MR) is 124 cm³/mol. The summed E-state index contributed by atoms with van der Waals surface area (Å²) in [6, 6.07) is 16.5. The minimum atomic E-state index is -3.55. The van der Waals surface area contributed by atoms with E-state index < -0.39 is 10.0 Å². The Morgan fingerprint density at radius 1 is 1.09 bits per heavy atom. The number of aromatic nitrogens is 1. The molecular weight excluding hydrogens is 426 g/mol. The summed E-state index contributed by atoms with van der Waals surface area (Å²) in [5.41, 5.74) is 0.439. The number of ether oxygens (including phenoxy) is 1. The summed E-state index contributed by atoms with van der Waals surface area (Å²) in [5, 5.41) is 1.92. The largest absolute Gasteiger partial charge is 0.462 e. The predicted octanol–water partition coefficient (Wildman–Crippen LogP) is 3.61. The van der Waals surface area contributed by atoms with Crippen LogP contribution in [0.3, 0.4) is 0 Å². The molecule has 168 valence electrons. The van der Waals surface area contributed by atoms with Crippen molar-refractivity contribution >= 4 is 32.6 Å². The topological polar surface area (TPSA) is 88.6 Å². The number of carbonyl (C=O) groups excluding carboxylic acids is 1. The summed E-state index contributed by atoms with van der Waals surface area (Å²) in [7, 11) is -3.55. The van der Waals surface area contributed by atoms with Crippen LogP contribution in [0.2, 0.25) is 0 Å². The Bertz CT molecular complexity index is 1190. The highest BCUT2D eigenvalue weighted by Gasteiger charge is 2.23. The van der Waals surface area contributed by atoms with E-state index in [1.807, 2.05) is 36.4 Å². The minimum absolute atomic E-state index is 0.264. The number of rotatable bonds is 7. The lowest BCUT2D eigenvalue weighted by Gasteiger charge is -2.32. The number of esters is 1. The monoisotopic (exact) mass is 453 g/mol. The lowest BCUT2D eigenvalue weighted by Crippen LogP contribution is -2.39. The van der Waals surface area contributed by atoms with Crippen LogP contribution in [0.1, 0.15) is 30.1 Å². The Balaban J connectivity index is 1.31. The minimum Gasteiger partial charge on any atom is -0.462 e. The van der Waals surface area contributed by atoms with Crippen molar-refractivity contribution in [3.05, 3.63) is 66.4 Å². The number of benzene rings is 2. The highest BCUT2D eigenvalue weighted by molar-refractivity contribution is 7.89. The molecule has 1 aromatic heterocycles. The number of piperidine rings is 1. The number of carbonyl (C=O) groups is 1. The van der Waals surface area contributed by atoms with E-state index in [0.717, 1.165) is 42.5 Å². The fourth-order valence-corrected chi connectivity index (χ4v) is 5.07. The van der Waals surface area contributed by atoms with Crippen molar-refractivity contribution in [2.75, 3.05) is 31.1 Å². The number of nitrogens with one attached hydrogen (secondary N) is 1. The zero-order chi connectivity index (χ0) is 22.6. The first-order chi connectivity index (χ1) is 15.5. The van der Waals surface area contributed by atoms with Gasteiger partial charge in [-0.25, -0.2) is 22.9 Å². The molecule has 0 atom stereocenters. The molecule has 0 radical (unpaired) electrons. The lowest BCUT2D eigenvalue weighted by molar-refractivity contribution is 0.0526. The molecule has 8 heteroatoms. The van der Waals surface area contributed by atoms with E-state index in [1.165, 1.54) is 6.20 Å². The molecule has 1 aliphatic rings. The number of nitrogens with zero attached hydrogens (tertiary/aromatic N) is 2. The van der Waals surface area contributed by atoms with E-state index in [0.29, 0.717) is 23.6 Å². The molecule has 32 heavy (non-hydrogen) atoms. The van der Waals surface area contributed by atoms with Gasteiger partial charge < -0.3 is 9.64 Å². The fraction of sp³-hybridized carbons (Fsp3) is 0.333. The molecule has 3 aromatic rings. The van der Waals surface area contributed by atoms with Gasteiger partial charge in [0.1, 0.15) is 5.82 Å². The van der Waals surface area contributed by atoms with Crippen LogP contribution in [0, 0.1) is 5.92 Å². The summed E-state index contributed by atoms with van der Waals surface area (Å²) < 4.78 is 33.3. The molecule has 0 bridgehead atoms. The Morgan fingerprint density at radius 3 is 2.53 bits per heavy atom. The van der Waals surface area contributed by atoms with Crippen molar-refractivity contribution in [1.82, 2.24) is 9.71 Å². The molecule has 0 amide bonds. The van der Waals surface area contributed by atoms with E-state index in [1.54, 1.807) is 25.1 Å². The zero-order valence-corrected chi connectivity index (χ0v) is 18.8. The smallest absolute Gasteiger partial charge is 0.339 e. The average molecular weight is 454 g/mol. The normalized spacial score (nSPS) is 15.1. The zero-order valence-electron chi connectivity index (χ0n) is 18.0. The Labute approximate surface area is 188 Å². The first kappa shape index (κ1) is 22.2. The van der Waals surface area contributed by atoms with E-state index >= 15 is 0 Å². The standard InChI is InChI=1S/C24H27N3O4S/c1-2-31-24(28)21-8-10-23(25-17-21)27-13-11-18(12-14-27)16-26-32(29,30)22-9-7-19-5-3-4-6-20(19)15-22/h3-10,15,17-18,26H,2,11-14,16H2,1H3. The molecule has 2 heterocycles. The second kappa shape index (κ2) is 9.67. The van der Waals surface area contributed by atoms with Crippen LogP contribution in [-0.4, -0.2) is 45.6 Å². The highest BCUT2D eigenvalue weighted by atomic mass is 32.2. The molecule has 4 rings (SSSR count). The molecule has 0 unspecified atom stereocenters. The number of sulfonamides is 1. The molecule has 0 spiro atoms. The maximum absolute atomic E-state index is 12.8. The van der Waals surface area contributed by atoms with Gasteiger partial charge in [0.05, 0.1) is 17.1 Å². The van der Waals surface area contributed by atoms with Gasteiger partial charge in [-0.3, -0.25) is 0 Å². The van der Waals surface area contributed by atoms with Gasteiger partial charge in [0.2, 0.25) is 10.0 Å². The summed E-state index contributed by atoms with van der Waals surface area (Å²) in [6.07, 6.45) is 3.26. The summed E-state index contributed by atoms with van der Waals surface area (Å²) in [5.74, 6) is 0.706. The van der Waals surface area contributed by atoms with Gasteiger partial charge in [0.25, 0.3) is 0 Å². The van der Waals surface area contributed by atoms with Crippen LogP contribution in [0.4, 0.5) is 5.82 Å². The van der Waals surface area contributed by atoms with Gasteiger partial charge in [0.15, 0.2) is 0 Å². The maximum atomic E-state index is 12.8. The van der Waals surface area contributed by atoms with Gasteiger partial charge in [-0.2, -0.15) is 0 Å². The quantitative estimate of drug-likeness (QED) is 0.550. The Kier molecular flexibility index (Phi) is 6.72. The van der Waals surface area contributed by atoms with E-state index in [9.17, 15) is 13.2 Å². The van der Waals surface area contributed by atoms with Gasteiger partial charge in [-0.1, -0.05) is 30.3 Å². The molecule has 1 fully saturated rings. The third-order valence-corrected chi connectivity index (χ3v) is 7.21. The van der Waals surface area contributed by atoms with Crippen LogP contribution in [0.15, 0.2) is 65.7 Å². The van der Waals surface area contributed by atoms with Crippen LogP contribution in [0.25, 0.3) is 10.8 Å². The van der Waals surface area contributed by atoms with E-state index in [2.05, 4.69) is 14.6 Å². The Morgan fingerprint density at radius 2 is 1.84 bits per heavy atom. The molecule has 2 aromatic carbocycles. The van der Waals surface area contributed by atoms with Gasteiger partial charge in [-0.15, -0.1) is 0 Å². The van der Waals surface area contributed by atoms with Crippen LogP contribution < -0.4 is 9.62 Å². The molecule has 0 saturated carbocycles. The fourth-order valence-electron chi connectivity index (χ4n) is 3.92. The first-order valence-electron chi connectivity index (χ1n) is 10.8. The van der Waals surface area contributed by atoms with E-state index in [-0.39, 0.29) is 11.9 Å². The lowest BCUT2D eigenvalue weighted by atomic mass is 9.97. The number of hydrogen-bond acceptors (Lipinski definition) is 6. The van der Waals surface area contributed by atoms with Crippen molar-refractivity contribution in [3.63, 3.8) is 0 Å². The van der Waals surface area contributed by atoms with Crippen molar-refractivity contribution in [1.29, 1.82) is 0 Å². The molecule has 0 aliphatic carbocycles. The molecule has 7 nitrogen and oxygen atoms in total. The molecule has 1 saturated heterocycles. The first-order valence-corrected chi connectivity index (χ1v) is 12.3.